The standard InChI is InChI=1S/C21H27N3O/c1-16-9-10-17(2)19(15-16)22-21(25)20(18-7-5-4-6-8-18)24-13-11-23(3)12-14-24/h4-10,15,20H,11-14H2,1-3H3,(H,22,25)/t20-/m1/s1. The number of carbonyl (C=O) groups excluding carboxylic acids is 1. The van der Waals surface area contributed by atoms with Crippen LogP contribution in [0.15, 0.2) is 48.5 Å². The van der Waals surface area contributed by atoms with Crippen molar-refractivity contribution in [1.29, 1.82) is 0 Å². The van der Waals surface area contributed by atoms with Gasteiger partial charge in [-0.15, -0.1) is 0 Å². The Morgan fingerprint density at radius 2 is 1.68 bits per heavy atom. The third-order valence-corrected chi connectivity index (χ3v) is 4.92. The highest BCUT2D eigenvalue weighted by Crippen LogP contribution is 2.25. The van der Waals surface area contributed by atoms with Crippen molar-refractivity contribution < 1.29 is 4.79 Å². The van der Waals surface area contributed by atoms with Crippen LogP contribution in [0.5, 0.6) is 0 Å². The summed E-state index contributed by atoms with van der Waals surface area (Å²) in [5.41, 5.74) is 4.19. The Morgan fingerprint density at radius 1 is 1.00 bits per heavy atom. The van der Waals surface area contributed by atoms with Crippen molar-refractivity contribution >= 4 is 11.6 Å². The van der Waals surface area contributed by atoms with E-state index >= 15 is 0 Å². The lowest BCUT2D eigenvalue weighted by Gasteiger charge is -2.37. The van der Waals surface area contributed by atoms with Crippen LogP contribution in [0.25, 0.3) is 0 Å². The molecule has 1 N–H and O–H groups in total. The molecule has 1 fully saturated rings. The molecule has 4 heteroatoms. The average Bonchev–Trinajstić information content (AvgIpc) is 2.61. The molecule has 3 rings (SSSR count). The molecule has 0 aliphatic carbocycles. The summed E-state index contributed by atoms with van der Waals surface area (Å²) in [4.78, 5) is 17.8. The molecular weight excluding hydrogens is 310 g/mol. The minimum Gasteiger partial charge on any atom is -0.324 e. The van der Waals surface area contributed by atoms with Crippen molar-refractivity contribution in [1.82, 2.24) is 9.80 Å². The summed E-state index contributed by atoms with van der Waals surface area (Å²) in [6.07, 6.45) is 0. The number of nitrogens with zero attached hydrogens (tertiary/aromatic N) is 2. The summed E-state index contributed by atoms with van der Waals surface area (Å²) in [6.45, 7) is 7.85. The molecule has 0 bridgehead atoms. The van der Waals surface area contributed by atoms with Gasteiger partial charge in [-0.3, -0.25) is 9.69 Å². The van der Waals surface area contributed by atoms with Crippen molar-refractivity contribution in [2.45, 2.75) is 19.9 Å². The maximum Gasteiger partial charge on any atom is 0.246 e. The highest BCUT2D eigenvalue weighted by atomic mass is 16.2. The zero-order valence-corrected chi connectivity index (χ0v) is 15.3. The van der Waals surface area contributed by atoms with Crippen LogP contribution in [-0.4, -0.2) is 48.9 Å². The number of hydrogen-bond donors (Lipinski definition) is 1. The normalized spacial score (nSPS) is 17.2. The van der Waals surface area contributed by atoms with Crippen LogP contribution in [0.1, 0.15) is 22.7 Å². The second-order valence-electron chi connectivity index (χ2n) is 6.96. The van der Waals surface area contributed by atoms with E-state index in [4.69, 9.17) is 0 Å². The summed E-state index contributed by atoms with van der Waals surface area (Å²) >= 11 is 0. The first-order chi connectivity index (χ1) is 12.0. The molecule has 4 nitrogen and oxygen atoms in total. The zero-order valence-electron chi connectivity index (χ0n) is 15.3. The first-order valence-electron chi connectivity index (χ1n) is 8.90. The fourth-order valence-electron chi connectivity index (χ4n) is 3.32. The van der Waals surface area contributed by atoms with E-state index in [0.29, 0.717) is 0 Å². The monoisotopic (exact) mass is 337 g/mol. The summed E-state index contributed by atoms with van der Waals surface area (Å²) in [7, 11) is 2.13. The fourth-order valence-corrected chi connectivity index (χ4v) is 3.32. The number of aryl methyl sites for hydroxylation is 2. The Kier molecular flexibility index (Phi) is 5.51. The number of anilines is 1. The van der Waals surface area contributed by atoms with E-state index in [9.17, 15) is 4.79 Å². The number of nitrogens with one attached hydrogen (secondary N) is 1. The summed E-state index contributed by atoms with van der Waals surface area (Å²) in [5, 5.41) is 3.16. The Balaban J connectivity index is 1.86. The van der Waals surface area contributed by atoms with Crippen LogP contribution in [0.3, 0.4) is 0 Å². The molecule has 1 heterocycles. The highest BCUT2D eigenvalue weighted by molar-refractivity contribution is 5.96. The van der Waals surface area contributed by atoms with Gasteiger partial charge in [-0.05, 0) is 43.7 Å². The van der Waals surface area contributed by atoms with Gasteiger partial charge in [0, 0.05) is 31.9 Å². The van der Waals surface area contributed by atoms with E-state index in [-0.39, 0.29) is 11.9 Å². The minimum atomic E-state index is -0.255. The molecule has 1 amide bonds. The quantitative estimate of drug-likeness (QED) is 0.930. The van der Waals surface area contributed by atoms with Crippen LogP contribution >= 0.6 is 0 Å². The molecule has 2 aromatic rings. The molecule has 132 valence electrons. The van der Waals surface area contributed by atoms with Crippen molar-refractivity contribution in [3.8, 4) is 0 Å². The second-order valence-corrected chi connectivity index (χ2v) is 6.96. The average molecular weight is 337 g/mol. The summed E-state index contributed by atoms with van der Waals surface area (Å²) in [6, 6.07) is 16.0. The van der Waals surface area contributed by atoms with Crippen LogP contribution in [0.2, 0.25) is 0 Å². The molecule has 1 aliphatic heterocycles. The third kappa shape index (κ3) is 4.27. The number of amides is 1. The summed E-state index contributed by atoms with van der Waals surface area (Å²) in [5.74, 6) is 0.0458. The van der Waals surface area contributed by atoms with Gasteiger partial charge < -0.3 is 10.2 Å². The van der Waals surface area contributed by atoms with Gasteiger partial charge in [-0.1, -0.05) is 42.5 Å². The van der Waals surface area contributed by atoms with Crippen molar-refractivity contribution in [3.05, 3.63) is 65.2 Å². The molecule has 0 saturated carbocycles. The third-order valence-electron chi connectivity index (χ3n) is 4.92. The fraction of sp³-hybridized carbons (Fsp3) is 0.381. The number of likely N-dealkylation sites (N-methyl/N-ethyl adjacent to an activating group) is 1. The molecule has 1 atom stereocenters. The van der Waals surface area contributed by atoms with Gasteiger partial charge in [-0.25, -0.2) is 0 Å². The largest absolute Gasteiger partial charge is 0.324 e. The van der Waals surface area contributed by atoms with Gasteiger partial charge >= 0.3 is 0 Å². The van der Waals surface area contributed by atoms with Crippen molar-refractivity contribution in [3.63, 3.8) is 0 Å². The highest BCUT2D eigenvalue weighted by Gasteiger charge is 2.30. The Labute approximate surface area is 150 Å². The maximum atomic E-state index is 13.2. The Bertz CT molecular complexity index is 721. The van der Waals surface area contributed by atoms with Gasteiger partial charge in [0.05, 0.1) is 0 Å². The molecule has 2 aromatic carbocycles. The second kappa shape index (κ2) is 7.81. The number of benzene rings is 2. The predicted octanol–water partition coefficient (Wildman–Crippen LogP) is 3.23. The Morgan fingerprint density at radius 3 is 2.36 bits per heavy atom. The summed E-state index contributed by atoms with van der Waals surface area (Å²) < 4.78 is 0. The van der Waals surface area contributed by atoms with Gasteiger partial charge in [0.2, 0.25) is 5.91 Å². The van der Waals surface area contributed by atoms with Crippen molar-refractivity contribution in [2.75, 3.05) is 38.5 Å². The molecule has 0 spiro atoms. The first kappa shape index (κ1) is 17.6. The molecule has 1 aliphatic rings. The number of carbonyl (C=O) groups is 1. The van der Waals surface area contributed by atoms with E-state index in [1.807, 2.05) is 50.2 Å². The van der Waals surface area contributed by atoms with Crippen LogP contribution in [0, 0.1) is 13.8 Å². The SMILES string of the molecule is Cc1ccc(C)c(NC(=O)[C@@H](c2ccccc2)N2CCN(C)CC2)c1. The molecule has 0 unspecified atom stereocenters. The number of rotatable bonds is 4. The molecule has 0 radical (unpaired) electrons. The van der Waals surface area contributed by atoms with Crippen LogP contribution < -0.4 is 5.32 Å². The lowest BCUT2D eigenvalue weighted by molar-refractivity contribution is -0.122. The first-order valence-corrected chi connectivity index (χ1v) is 8.90. The predicted molar refractivity (Wildman–Crippen MR) is 103 cm³/mol. The molecule has 1 saturated heterocycles. The number of piperazine rings is 1. The topological polar surface area (TPSA) is 35.6 Å². The van der Waals surface area contributed by atoms with Crippen LogP contribution in [-0.2, 0) is 4.79 Å². The molecule has 25 heavy (non-hydrogen) atoms. The minimum absolute atomic E-state index is 0.0458. The van der Waals surface area contributed by atoms with E-state index in [1.165, 1.54) is 0 Å². The van der Waals surface area contributed by atoms with Crippen LogP contribution in [0.4, 0.5) is 5.69 Å². The van der Waals surface area contributed by atoms with Gasteiger partial charge in [-0.2, -0.15) is 0 Å². The van der Waals surface area contributed by atoms with E-state index in [1.54, 1.807) is 0 Å². The molecular formula is C21H27N3O. The van der Waals surface area contributed by atoms with Crippen molar-refractivity contribution in [2.24, 2.45) is 0 Å². The lowest BCUT2D eigenvalue weighted by Crippen LogP contribution is -2.48. The maximum absolute atomic E-state index is 13.2. The van der Waals surface area contributed by atoms with E-state index in [2.05, 4.69) is 34.3 Å². The van der Waals surface area contributed by atoms with Gasteiger partial charge in [0.1, 0.15) is 6.04 Å². The van der Waals surface area contributed by atoms with Gasteiger partial charge in [0.15, 0.2) is 0 Å². The lowest BCUT2D eigenvalue weighted by atomic mass is 10.0. The Hall–Kier alpha value is -2.17. The van der Waals surface area contributed by atoms with E-state index < -0.39 is 0 Å². The smallest absolute Gasteiger partial charge is 0.246 e. The van der Waals surface area contributed by atoms with E-state index in [0.717, 1.165) is 48.6 Å². The zero-order chi connectivity index (χ0) is 17.8. The van der Waals surface area contributed by atoms with Gasteiger partial charge in [0.25, 0.3) is 0 Å². The number of hydrogen-bond acceptors (Lipinski definition) is 3. The molecule has 0 aromatic heterocycles.